The quantitative estimate of drug-likeness (QED) is 0.667. The number of methoxy groups -OCH3 is 1. The molecule has 1 atom stereocenters. The largest absolute Gasteiger partial charge is 0.468 e. The van der Waals surface area contributed by atoms with Crippen molar-refractivity contribution < 1.29 is 9.47 Å². The Hall–Kier alpha value is -2.13. The smallest absolute Gasteiger partial charge is 0.320 e. The van der Waals surface area contributed by atoms with E-state index in [2.05, 4.69) is 39.0 Å². The summed E-state index contributed by atoms with van der Waals surface area (Å²) in [7, 11) is 1.61. The van der Waals surface area contributed by atoms with Crippen molar-refractivity contribution in [2.24, 2.45) is 0 Å². The van der Waals surface area contributed by atoms with Crippen molar-refractivity contribution in [3.63, 3.8) is 0 Å². The number of imidazole rings is 1. The van der Waals surface area contributed by atoms with Crippen LogP contribution in [-0.2, 0) is 6.54 Å². The molecular weight excluding hydrogens is 334 g/mol. The van der Waals surface area contributed by atoms with Crippen molar-refractivity contribution in [2.45, 2.75) is 39.3 Å². The van der Waals surface area contributed by atoms with Crippen LogP contribution < -0.4 is 20.5 Å². The summed E-state index contributed by atoms with van der Waals surface area (Å²) in [5.74, 6) is 0.313. The number of ether oxygens (including phenoxy) is 2. The number of fused-ring (bicyclic) bond motifs is 1. The SMILES string of the molecule is CCCCOc1nc(N)c2nc(OC)n(CC(C)N3CCNCC3)c2n1. The number of anilines is 1. The zero-order valence-electron chi connectivity index (χ0n) is 15.9. The lowest BCUT2D eigenvalue weighted by Crippen LogP contribution is -2.48. The summed E-state index contributed by atoms with van der Waals surface area (Å²) in [6.07, 6.45) is 2.00. The van der Waals surface area contributed by atoms with E-state index in [0.29, 0.717) is 48.2 Å². The fourth-order valence-electron chi connectivity index (χ4n) is 3.18. The summed E-state index contributed by atoms with van der Waals surface area (Å²) >= 11 is 0. The molecular formula is C17H29N7O2. The van der Waals surface area contributed by atoms with Gasteiger partial charge in [-0.1, -0.05) is 13.3 Å². The number of unbranched alkanes of at least 4 members (excludes halogenated alkanes) is 1. The van der Waals surface area contributed by atoms with Crippen LogP contribution in [0, 0.1) is 0 Å². The first-order chi connectivity index (χ1) is 12.6. The molecule has 0 radical (unpaired) electrons. The Kier molecular flexibility index (Phi) is 6.10. The molecule has 26 heavy (non-hydrogen) atoms. The molecule has 1 unspecified atom stereocenters. The molecule has 1 aliphatic heterocycles. The maximum Gasteiger partial charge on any atom is 0.320 e. The van der Waals surface area contributed by atoms with Gasteiger partial charge >= 0.3 is 6.01 Å². The molecule has 0 spiro atoms. The molecule has 1 fully saturated rings. The fraction of sp³-hybridized carbons (Fsp3) is 0.706. The molecule has 0 aromatic carbocycles. The van der Waals surface area contributed by atoms with Crippen LogP contribution in [0.3, 0.4) is 0 Å². The molecule has 3 heterocycles. The average Bonchev–Trinajstić information content (AvgIpc) is 3.01. The van der Waals surface area contributed by atoms with Gasteiger partial charge in [0.15, 0.2) is 17.0 Å². The number of nitrogens with two attached hydrogens (primary N) is 1. The van der Waals surface area contributed by atoms with Crippen molar-refractivity contribution in [1.29, 1.82) is 0 Å². The van der Waals surface area contributed by atoms with Crippen LogP contribution in [0.1, 0.15) is 26.7 Å². The first-order valence-electron chi connectivity index (χ1n) is 9.29. The highest BCUT2D eigenvalue weighted by Gasteiger charge is 2.22. The number of nitrogens with one attached hydrogen (secondary N) is 1. The predicted octanol–water partition coefficient (Wildman–Crippen LogP) is 0.890. The molecule has 144 valence electrons. The van der Waals surface area contributed by atoms with Crippen LogP contribution >= 0.6 is 0 Å². The number of piperazine rings is 1. The highest BCUT2D eigenvalue weighted by atomic mass is 16.5. The van der Waals surface area contributed by atoms with Gasteiger partial charge in [-0.15, -0.1) is 0 Å². The number of hydrogen-bond donors (Lipinski definition) is 2. The van der Waals surface area contributed by atoms with E-state index in [0.717, 1.165) is 39.0 Å². The number of hydrogen-bond acceptors (Lipinski definition) is 8. The molecule has 9 nitrogen and oxygen atoms in total. The normalized spacial score (nSPS) is 16.7. The highest BCUT2D eigenvalue weighted by molar-refractivity contribution is 5.83. The lowest BCUT2D eigenvalue weighted by atomic mass is 10.2. The molecule has 9 heteroatoms. The zero-order valence-corrected chi connectivity index (χ0v) is 15.9. The zero-order chi connectivity index (χ0) is 18.5. The molecule has 0 aliphatic carbocycles. The Bertz CT molecular complexity index is 727. The third-order valence-electron chi connectivity index (χ3n) is 4.70. The summed E-state index contributed by atoms with van der Waals surface area (Å²) in [5.41, 5.74) is 7.30. The number of nitrogens with zero attached hydrogens (tertiary/aromatic N) is 5. The van der Waals surface area contributed by atoms with Crippen molar-refractivity contribution in [3.05, 3.63) is 0 Å². The van der Waals surface area contributed by atoms with Gasteiger partial charge in [-0.05, 0) is 13.3 Å². The third kappa shape index (κ3) is 3.99. The molecule has 0 amide bonds. The molecule has 1 aliphatic rings. The van der Waals surface area contributed by atoms with Crippen molar-refractivity contribution in [2.75, 3.05) is 45.6 Å². The van der Waals surface area contributed by atoms with Crippen LogP contribution in [0.15, 0.2) is 0 Å². The lowest BCUT2D eigenvalue weighted by Gasteiger charge is -2.33. The summed E-state index contributed by atoms with van der Waals surface area (Å²) in [6.45, 7) is 9.68. The first-order valence-corrected chi connectivity index (χ1v) is 9.29. The number of rotatable bonds is 8. The summed E-state index contributed by atoms with van der Waals surface area (Å²) in [6, 6.07) is 1.11. The van der Waals surface area contributed by atoms with Crippen LogP contribution in [-0.4, -0.2) is 70.4 Å². The minimum absolute atomic E-state index is 0.294. The molecule has 1 saturated heterocycles. The van der Waals surface area contributed by atoms with Gasteiger partial charge in [0.25, 0.3) is 6.01 Å². The lowest BCUT2D eigenvalue weighted by molar-refractivity contribution is 0.166. The minimum Gasteiger partial charge on any atom is -0.468 e. The monoisotopic (exact) mass is 363 g/mol. The van der Waals surface area contributed by atoms with Gasteiger partial charge in [0.2, 0.25) is 0 Å². The maximum atomic E-state index is 6.09. The van der Waals surface area contributed by atoms with Gasteiger partial charge in [0.1, 0.15) is 0 Å². The summed E-state index contributed by atoms with van der Waals surface area (Å²) in [5, 5.41) is 3.38. The van der Waals surface area contributed by atoms with Gasteiger partial charge < -0.3 is 20.5 Å². The first kappa shape index (κ1) is 18.7. The van der Waals surface area contributed by atoms with E-state index in [1.165, 1.54) is 0 Å². The molecule has 0 saturated carbocycles. The molecule has 3 N–H and O–H groups in total. The molecule has 3 rings (SSSR count). The summed E-state index contributed by atoms with van der Waals surface area (Å²) < 4.78 is 13.1. The second kappa shape index (κ2) is 8.50. The number of aromatic nitrogens is 4. The van der Waals surface area contributed by atoms with Crippen LogP contribution in [0.4, 0.5) is 5.82 Å². The van der Waals surface area contributed by atoms with Crippen LogP contribution in [0.25, 0.3) is 11.2 Å². The van der Waals surface area contributed by atoms with Crippen LogP contribution in [0.2, 0.25) is 0 Å². The third-order valence-corrected chi connectivity index (χ3v) is 4.70. The molecule has 0 bridgehead atoms. The fourth-order valence-corrected chi connectivity index (χ4v) is 3.18. The second-order valence-corrected chi connectivity index (χ2v) is 6.61. The predicted molar refractivity (Wildman–Crippen MR) is 101 cm³/mol. The topological polar surface area (TPSA) is 103 Å². The molecule has 2 aromatic rings. The maximum absolute atomic E-state index is 6.09. The Morgan fingerprint density at radius 3 is 2.69 bits per heavy atom. The van der Waals surface area contributed by atoms with E-state index >= 15 is 0 Å². The summed E-state index contributed by atoms with van der Waals surface area (Å²) in [4.78, 5) is 15.7. The van der Waals surface area contributed by atoms with E-state index in [-0.39, 0.29) is 0 Å². The van der Waals surface area contributed by atoms with E-state index < -0.39 is 0 Å². The molecule has 2 aromatic heterocycles. The Morgan fingerprint density at radius 1 is 1.23 bits per heavy atom. The van der Waals surface area contributed by atoms with Gasteiger partial charge in [-0.25, -0.2) is 0 Å². The number of nitrogen functional groups attached to an aromatic ring is 1. The van der Waals surface area contributed by atoms with E-state index in [4.69, 9.17) is 15.2 Å². The Balaban J connectivity index is 1.88. The van der Waals surface area contributed by atoms with Gasteiger partial charge in [-0.3, -0.25) is 9.47 Å². The standard InChI is InChI=1S/C17H29N7O2/c1-4-5-10-26-16-21-14(18)13-15(22-16)24(17(20-13)25-3)11-12(2)23-8-6-19-7-9-23/h12,19H,4-11H2,1-3H3,(H2,18,21,22). The Morgan fingerprint density at radius 2 is 2.00 bits per heavy atom. The van der Waals surface area contributed by atoms with Crippen molar-refractivity contribution in [1.82, 2.24) is 29.7 Å². The van der Waals surface area contributed by atoms with Gasteiger partial charge in [-0.2, -0.15) is 15.0 Å². The van der Waals surface area contributed by atoms with Crippen LogP contribution in [0.5, 0.6) is 12.0 Å². The van der Waals surface area contributed by atoms with E-state index in [1.807, 2.05) is 4.57 Å². The van der Waals surface area contributed by atoms with Gasteiger partial charge in [0.05, 0.1) is 13.7 Å². The van der Waals surface area contributed by atoms with E-state index in [1.54, 1.807) is 7.11 Å². The van der Waals surface area contributed by atoms with Gasteiger partial charge in [0, 0.05) is 38.8 Å². The van der Waals surface area contributed by atoms with Crippen molar-refractivity contribution in [3.8, 4) is 12.0 Å². The van der Waals surface area contributed by atoms with Crippen molar-refractivity contribution >= 4 is 17.0 Å². The highest BCUT2D eigenvalue weighted by Crippen LogP contribution is 2.26. The second-order valence-electron chi connectivity index (χ2n) is 6.61. The minimum atomic E-state index is 0.294. The Labute approximate surface area is 153 Å². The van der Waals surface area contributed by atoms with E-state index in [9.17, 15) is 0 Å². The average molecular weight is 363 g/mol.